The third kappa shape index (κ3) is 4.15. The van der Waals surface area contributed by atoms with E-state index in [-0.39, 0.29) is 31.3 Å². The molecule has 26 heavy (non-hydrogen) atoms. The van der Waals surface area contributed by atoms with Gasteiger partial charge in [0.15, 0.2) is 0 Å². The summed E-state index contributed by atoms with van der Waals surface area (Å²) >= 11 is 1.32. The molecule has 1 saturated carbocycles. The van der Waals surface area contributed by atoms with Crippen LogP contribution in [0.5, 0.6) is 0 Å². The summed E-state index contributed by atoms with van der Waals surface area (Å²) in [5, 5.41) is 18.8. The van der Waals surface area contributed by atoms with Crippen molar-refractivity contribution in [3.05, 3.63) is 5.01 Å². The van der Waals surface area contributed by atoms with E-state index < -0.39 is 17.4 Å². The number of carbonyl (C=O) groups excluding carboxylic acids is 3. The van der Waals surface area contributed by atoms with Crippen LogP contribution < -0.4 is 16.0 Å². The van der Waals surface area contributed by atoms with E-state index in [1.165, 1.54) is 16.2 Å². The van der Waals surface area contributed by atoms with E-state index in [1.807, 2.05) is 6.92 Å². The smallest absolute Gasteiger partial charge is 0.290 e. The summed E-state index contributed by atoms with van der Waals surface area (Å²) in [6.45, 7) is 1.82. The van der Waals surface area contributed by atoms with E-state index in [2.05, 4.69) is 15.5 Å². The molecule has 11 heteroatoms. The number of nitrogens with one attached hydrogen (secondary N) is 1. The summed E-state index contributed by atoms with van der Waals surface area (Å²) in [5.74, 6) is -1.43. The number of rotatable bonds is 4. The van der Waals surface area contributed by atoms with Gasteiger partial charge in [-0.25, -0.2) is 0 Å². The Balaban J connectivity index is 0.000000758. The van der Waals surface area contributed by atoms with Crippen molar-refractivity contribution in [3.8, 4) is 0 Å². The molecule has 2 fully saturated rings. The van der Waals surface area contributed by atoms with Crippen LogP contribution in [-0.2, 0) is 19.2 Å². The molecular weight excluding hydrogens is 362 g/mol. The van der Waals surface area contributed by atoms with Crippen molar-refractivity contribution in [1.29, 1.82) is 0 Å². The summed E-state index contributed by atoms with van der Waals surface area (Å²) < 4.78 is 0. The third-order valence-corrected chi connectivity index (χ3v) is 5.40. The van der Waals surface area contributed by atoms with E-state index in [9.17, 15) is 14.4 Å². The van der Waals surface area contributed by atoms with Crippen molar-refractivity contribution in [2.45, 2.75) is 44.6 Å². The number of aryl methyl sites for hydroxylation is 1. The van der Waals surface area contributed by atoms with E-state index in [4.69, 9.17) is 15.6 Å². The van der Waals surface area contributed by atoms with Gasteiger partial charge in [-0.1, -0.05) is 24.2 Å². The van der Waals surface area contributed by atoms with Crippen LogP contribution in [0.15, 0.2) is 0 Å². The lowest BCUT2D eigenvalue weighted by molar-refractivity contribution is -0.133. The lowest BCUT2D eigenvalue weighted by Gasteiger charge is -2.28. The second kappa shape index (κ2) is 8.21. The average Bonchev–Trinajstić information content (AvgIpc) is 3.28. The minimum atomic E-state index is -0.952. The van der Waals surface area contributed by atoms with Crippen LogP contribution in [0.2, 0.25) is 0 Å². The Morgan fingerprint density at radius 2 is 2.00 bits per heavy atom. The molecule has 2 heterocycles. The van der Waals surface area contributed by atoms with Gasteiger partial charge in [-0.05, 0) is 19.8 Å². The first-order valence-electron chi connectivity index (χ1n) is 8.13. The summed E-state index contributed by atoms with van der Waals surface area (Å²) in [6.07, 6.45) is 2.97. The Morgan fingerprint density at radius 3 is 2.50 bits per heavy atom. The SMILES string of the molecule is Cc1nnc(N2CC(C(=O)NC3(C(N)=O)CCCC3)CC2=O)s1.O=CO. The highest BCUT2D eigenvalue weighted by molar-refractivity contribution is 7.15. The Bertz CT molecular complexity index is 700. The number of amides is 3. The number of nitrogens with zero attached hydrogens (tertiary/aromatic N) is 3. The molecule has 1 atom stereocenters. The number of carboxylic acid groups (broad SMARTS) is 1. The quantitative estimate of drug-likeness (QED) is 0.609. The van der Waals surface area contributed by atoms with Crippen LogP contribution in [0.25, 0.3) is 0 Å². The standard InChI is InChI=1S/C14H19N5O3S.CH2O2/c1-8-17-18-13(23-8)19-7-9(6-10(19)20)11(21)16-14(12(15)22)4-2-3-5-14;2-1-3/h9H,2-7H2,1H3,(H2,15,22)(H,16,21);1H,(H,2,3). The molecule has 10 nitrogen and oxygen atoms in total. The van der Waals surface area contributed by atoms with Gasteiger partial charge in [0.05, 0.1) is 5.92 Å². The van der Waals surface area contributed by atoms with Crippen molar-refractivity contribution in [2.24, 2.45) is 11.7 Å². The molecule has 0 aromatic carbocycles. The molecule has 1 aromatic rings. The third-order valence-electron chi connectivity index (χ3n) is 4.53. The summed E-state index contributed by atoms with van der Waals surface area (Å²) in [5.41, 5.74) is 4.53. The predicted octanol–water partition coefficient (Wildman–Crippen LogP) is -0.185. The molecule has 0 spiro atoms. The maximum absolute atomic E-state index is 12.5. The molecule has 3 rings (SSSR count). The van der Waals surface area contributed by atoms with E-state index in [0.29, 0.717) is 18.0 Å². The van der Waals surface area contributed by atoms with Crippen LogP contribution >= 0.6 is 11.3 Å². The van der Waals surface area contributed by atoms with Gasteiger partial charge in [-0.3, -0.25) is 24.1 Å². The highest BCUT2D eigenvalue weighted by atomic mass is 32.1. The molecule has 1 aliphatic heterocycles. The number of hydrogen-bond donors (Lipinski definition) is 3. The van der Waals surface area contributed by atoms with Gasteiger partial charge in [0.2, 0.25) is 22.9 Å². The number of carbonyl (C=O) groups is 4. The molecule has 1 aromatic heterocycles. The van der Waals surface area contributed by atoms with Crippen LogP contribution in [0.3, 0.4) is 0 Å². The minimum absolute atomic E-state index is 0.110. The van der Waals surface area contributed by atoms with Crippen LogP contribution in [0.1, 0.15) is 37.1 Å². The number of aromatic nitrogens is 2. The van der Waals surface area contributed by atoms with Gasteiger partial charge < -0.3 is 16.2 Å². The largest absolute Gasteiger partial charge is 0.483 e. The first kappa shape index (κ1) is 19.8. The normalized spacial score (nSPS) is 21.0. The monoisotopic (exact) mass is 383 g/mol. The van der Waals surface area contributed by atoms with E-state index in [0.717, 1.165) is 17.8 Å². The fourth-order valence-electron chi connectivity index (χ4n) is 3.21. The zero-order valence-electron chi connectivity index (χ0n) is 14.3. The molecule has 1 aliphatic carbocycles. The zero-order chi connectivity index (χ0) is 19.3. The van der Waals surface area contributed by atoms with Crippen LogP contribution in [0, 0.1) is 12.8 Å². The van der Waals surface area contributed by atoms with Gasteiger partial charge in [-0.15, -0.1) is 10.2 Å². The average molecular weight is 383 g/mol. The Hall–Kier alpha value is -2.56. The molecule has 0 bridgehead atoms. The number of anilines is 1. The van der Waals surface area contributed by atoms with Gasteiger partial charge in [0.25, 0.3) is 6.47 Å². The topological polar surface area (TPSA) is 156 Å². The fourth-order valence-corrected chi connectivity index (χ4v) is 3.93. The van der Waals surface area contributed by atoms with Crippen molar-refractivity contribution >= 4 is 40.7 Å². The van der Waals surface area contributed by atoms with Crippen LogP contribution in [0.4, 0.5) is 5.13 Å². The Kier molecular flexibility index (Phi) is 6.24. The van der Waals surface area contributed by atoms with Crippen LogP contribution in [-0.4, -0.2) is 51.6 Å². The maximum atomic E-state index is 12.5. The first-order chi connectivity index (χ1) is 12.3. The molecule has 2 aliphatic rings. The number of primary amides is 1. The second-order valence-electron chi connectivity index (χ2n) is 6.26. The van der Waals surface area contributed by atoms with Crippen molar-refractivity contribution in [3.63, 3.8) is 0 Å². The van der Waals surface area contributed by atoms with Gasteiger partial charge in [0, 0.05) is 13.0 Å². The number of hydrogen-bond acceptors (Lipinski definition) is 7. The Labute approximate surface area is 153 Å². The molecule has 142 valence electrons. The predicted molar refractivity (Wildman–Crippen MR) is 92.3 cm³/mol. The lowest BCUT2D eigenvalue weighted by Crippen LogP contribution is -2.57. The van der Waals surface area contributed by atoms with E-state index >= 15 is 0 Å². The molecule has 3 amide bonds. The number of nitrogens with two attached hydrogens (primary N) is 1. The van der Waals surface area contributed by atoms with Crippen molar-refractivity contribution in [1.82, 2.24) is 15.5 Å². The Morgan fingerprint density at radius 1 is 1.38 bits per heavy atom. The summed E-state index contributed by atoms with van der Waals surface area (Å²) in [4.78, 5) is 46.2. The fraction of sp³-hybridized carbons (Fsp3) is 0.600. The lowest BCUT2D eigenvalue weighted by atomic mass is 9.95. The highest BCUT2D eigenvalue weighted by Gasteiger charge is 2.44. The minimum Gasteiger partial charge on any atom is -0.483 e. The van der Waals surface area contributed by atoms with Gasteiger partial charge >= 0.3 is 0 Å². The maximum Gasteiger partial charge on any atom is 0.290 e. The van der Waals surface area contributed by atoms with E-state index in [1.54, 1.807) is 0 Å². The van der Waals surface area contributed by atoms with Crippen molar-refractivity contribution < 1.29 is 24.3 Å². The molecule has 0 radical (unpaired) electrons. The molecule has 4 N–H and O–H groups in total. The first-order valence-corrected chi connectivity index (χ1v) is 8.95. The molecule has 1 unspecified atom stereocenters. The summed E-state index contributed by atoms with van der Waals surface area (Å²) in [7, 11) is 0. The van der Waals surface area contributed by atoms with Gasteiger partial charge in [-0.2, -0.15) is 0 Å². The summed E-state index contributed by atoms with van der Waals surface area (Å²) in [6, 6.07) is 0. The van der Waals surface area contributed by atoms with Gasteiger partial charge in [0.1, 0.15) is 10.5 Å². The molecule has 1 saturated heterocycles. The van der Waals surface area contributed by atoms with Crippen molar-refractivity contribution in [2.75, 3.05) is 11.4 Å². The highest BCUT2D eigenvalue weighted by Crippen LogP contribution is 2.32. The zero-order valence-corrected chi connectivity index (χ0v) is 15.1. The second-order valence-corrected chi connectivity index (χ2v) is 7.42. The molecular formula is C15H21N5O5S.